The molecule has 50 heavy (non-hydrogen) atoms. The summed E-state index contributed by atoms with van der Waals surface area (Å²) >= 11 is 14.9. The first kappa shape index (κ1) is 35.3. The molecular formula is C37H31Cl2N3O6S2. The Labute approximate surface area is 307 Å². The van der Waals surface area contributed by atoms with E-state index in [1.165, 1.54) is 23.8 Å². The summed E-state index contributed by atoms with van der Waals surface area (Å²) in [5.41, 5.74) is 3.75. The van der Waals surface area contributed by atoms with Crippen LogP contribution in [0.1, 0.15) is 40.8 Å². The van der Waals surface area contributed by atoms with Crippen LogP contribution in [0.25, 0.3) is 5.76 Å². The van der Waals surface area contributed by atoms with Crippen LogP contribution in [-0.4, -0.2) is 40.7 Å². The van der Waals surface area contributed by atoms with Gasteiger partial charge in [-0.05, 0) is 84.6 Å². The smallest absolute Gasteiger partial charge is 0.301 e. The van der Waals surface area contributed by atoms with Gasteiger partial charge in [0.15, 0.2) is 15.8 Å². The highest BCUT2D eigenvalue weighted by Crippen LogP contribution is 2.46. The number of hydrogen-bond donors (Lipinski definition) is 1. The Kier molecular flexibility index (Phi) is 11.0. The zero-order chi connectivity index (χ0) is 35.4. The number of ketones is 1. The molecular weight excluding hydrogens is 717 g/mol. The number of amides is 1. The highest BCUT2D eigenvalue weighted by molar-refractivity contribution is 8.00. The van der Waals surface area contributed by atoms with Gasteiger partial charge in [-0.15, -0.1) is 10.2 Å². The SMILES string of the molecule is CCOc1ccc(C2/C(=C(\O)c3ccc(OCc4ccccc4C)cc3)C(=O)C(=O)N2c2nnc(SCc3ccc(Cl)cc3Cl)s2)cc1OC. The number of aliphatic hydroxyl groups excluding tert-OH is 1. The molecule has 0 spiro atoms. The highest BCUT2D eigenvalue weighted by Gasteiger charge is 2.48. The van der Waals surface area contributed by atoms with Gasteiger partial charge >= 0.3 is 5.91 Å². The Morgan fingerprint density at radius 1 is 0.940 bits per heavy atom. The van der Waals surface area contributed by atoms with E-state index in [0.717, 1.165) is 28.0 Å². The molecule has 0 aliphatic carbocycles. The number of carbonyl (C=O) groups is 2. The molecule has 6 rings (SSSR count). The van der Waals surface area contributed by atoms with E-state index in [4.69, 9.17) is 37.4 Å². The van der Waals surface area contributed by atoms with Gasteiger partial charge in [0.2, 0.25) is 5.13 Å². The van der Waals surface area contributed by atoms with Crippen LogP contribution in [0.4, 0.5) is 5.13 Å². The second-order valence-corrected chi connectivity index (χ2v) is 14.1. The molecule has 1 fully saturated rings. The summed E-state index contributed by atoms with van der Waals surface area (Å²) in [5.74, 6) is -0.102. The quantitative estimate of drug-likeness (QED) is 0.0439. The minimum absolute atomic E-state index is 0.104. The van der Waals surface area contributed by atoms with Gasteiger partial charge in [0.05, 0.1) is 25.3 Å². The molecule has 4 aromatic carbocycles. The highest BCUT2D eigenvalue weighted by atomic mass is 35.5. The monoisotopic (exact) mass is 747 g/mol. The van der Waals surface area contributed by atoms with Crippen LogP contribution < -0.4 is 19.1 Å². The van der Waals surface area contributed by atoms with Crippen LogP contribution in [0, 0.1) is 6.92 Å². The number of anilines is 1. The average molecular weight is 749 g/mol. The molecule has 9 nitrogen and oxygen atoms in total. The van der Waals surface area contributed by atoms with E-state index in [-0.39, 0.29) is 16.5 Å². The largest absolute Gasteiger partial charge is 0.507 e. The topological polar surface area (TPSA) is 111 Å². The Morgan fingerprint density at radius 2 is 1.72 bits per heavy atom. The van der Waals surface area contributed by atoms with Gasteiger partial charge in [-0.25, -0.2) is 0 Å². The number of Topliss-reactive ketones (excluding diaryl/α,β-unsaturated/α-hetero) is 1. The molecule has 5 aromatic rings. The molecule has 1 N–H and O–H groups in total. The molecule has 0 radical (unpaired) electrons. The summed E-state index contributed by atoms with van der Waals surface area (Å²) in [6, 6.07) is 24.0. The van der Waals surface area contributed by atoms with Crippen molar-refractivity contribution >= 4 is 68.9 Å². The van der Waals surface area contributed by atoms with Crippen LogP contribution in [0.5, 0.6) is 17.2 Å². The van der Waals surface area contributed by atoms with Crippen molar-refractivity contribution in [3.8, 4) is 17.2 Å². The number of nitrogens with zero attached hydrogens (tertiary/aromatic N) is 3. The number of hydrogen-bond acceptors (Lipinski definition) is 10. The molecule has 1 aromatic heterocycles. The van der Waals surface area contributed by atoms with Crippen molar-refractivity contribution < 1.29 is 28.9 Å². The van der Waals surface area contributed by atoms with Crippen molar-refractivity contribution in [3.05, 3.63) is 128 Å². The molecule has 1 saturated heterocycles. The molecule has 13 heteroatoms. The minimum atomic E-state index is -1.05. The summed E-state index contributed by atoms with van der Waals surface area (Å²) in [5, 5.41) is 21.5. The summed E-state index contributed by atoms with van der Waals surface area (Å²) in [6.45, 7) is 4.65. The summed E-state index contributed by atoms with van der Waals surface area (Å²) in [7, 11) is 1.50. The zero-order valence-corrected chi connectivity index (χ0v) is 30.3. The molecule has 256 valence electrons. The number of aromatic nitrogens is 2. The van der Waals surface area contributed by atoms with Gasteiger partial charge in [-0.3, -0.25) is 14.5 Å². The van der Waals surface area contributed by atoms with Crippen LogP contribution in [0.15, 0.2) is 94.8 Å². The normalized spacial score (nSPS) is 15.4. The number of ether oxygens (including phenoxy) is 3. The third-order valence-corrected chi connectivity index (χ3v) is 10.7. The Morgan fingerprint density at radius 3 is 2.44 bits per heavy atom. The third-order valence-electron chi connectivity index (χ3n) is 8.00. The van der Waals surface area contributed by atoms with Crippen molar-refractivity contribution in [2.75, 3.05) is 18.6 Å². The van der Waals surface area contributed by atoms with Crippen molar-refractivity contribution in [2.24, 2.45) is 0 Å². The molecule has 0 saturated carbocycles. The van der Waals surface area contributed by atoms with E-state index in [1.54, 1.807) is 54.6 Å². The van der Waals surface area contributed by atoms with Gasteiger partial charge in [0.25, 0.3) is 5.78 Å². The van der Waals surface area contributed by atoms with Crippen molar-refractivity contribution in [1.29, 1.82) is 0 Å². The fourth-order valence-electron chi connectivity index (χ4n) is 5.41. The number of carbonyl (C=O) groups excluding carboxylic acids is 2. The van der Waals surface area contributed by atoms with Crippen LogP contribution in [0.3, 0.4) is 0 Å². The van der Waals surface area contributed by atoms with Crippen LogP contribution in [-0.2, 0) is 21.9 Å². The van der Waals surface area contributed by atoms with Crippen molar-refractivity contribution in [3.63, 3.8) is 0 Å². The standard InChI is InChI=1S/C37H31Cl2N3O6S2/c1-4-47-29-16-12-23(17-30(29)46-3)32-31(33(43)22-10-14-27(15-11-22)48-19-24-8-6-5-7-21(24)2)34(44)35(45)42(32)36-40-41-37(50-36)49-20-25-9-13-26(38)18-28(25)39/h5-18,32,43H,4,19-20H2,1-3H3/b33-31+. The molecule has 1 aliphatic heterocycles. The first-order valence-electron chi connectivity index (χ1n) is 15.5. The Hall–Kier alpha value is -4.55. The number of methoxy groups -OCH3 is 1. The number of rotatable bonds is 12. The maximum Gasteiger partial charge on any atom is 0.301 e. The Bertz CT molecular complexity index is 2090. The van der Waals surface area contributed by atoms with Crippen molar-refractivity contribution in [1.82, 2.24) is 10.2 Å². The first-order chi connectivity index (χ1) is 24.2. The van der Waals surface area contributed by atoms with E-state index >= 15 is 0 Å². The number of aliphatic hydroxyl groups is 1. The lowest BCUT2D eigenvalue weighted by atomic mass is 9.95. The predicted octanol–water partition coefficient (Wildman–Crippen LogP) is 9.06. The molecule has 1 unspecified atom stereocenters. The second kappa shape index (κ2) is 15.6. The number of thioether (sulfide) groups is 1. The summed E-state index contributed by atoms with van der Waals surface area (Å²) in [4.78, 5) is 28.8. The zero-order valence-electron chi connectivity index (χ0n) is 27.2. The van der Waals surface area contributed by atoms with E-state index in [0.29, 0.717) is 61.7 Å². The molecule has 1 atom stereocenters. The molecule has 1 amide bonds. The number of benzene rings is 4. The van der Waals surface area contributed by atoms with E-state index in [2.05, 4.69) is 10.2 Å². The molecule has 1 aliphatic rings. The lowest BCUT2D eigenvalue weighted by molar-refractivity contribution is -0.132. The lowest BCUT2D eigenvalue weighted by Crippen LogP contribution is -2.29. The van der Waals surface area contributed by atoms with E-state index in [9.17, 15) is 14.7 Å². The first-order valence-corrected chi connectivity index (χ1v) is 18.0. The van der Waals surface area contributed by atoms with Crippen molar-refractivity contribution in [2.45, 2.75) is 36.6 Å². The fraction of sp³-hybridized carbons (Fsp3) is 0.189. The molecule has 0 bridgehead atoms. The Balaban J connectivity index is 1.34. The van der Waals surface area contributed by atoms with E-state index in [1.807, 2.05) is 44.2 Å². The maximum atomic E-state index is 13.8. The third kappa shape index (κ3) is 7.46. The average Bonchev–Trinajstić information content (AvgIpc) is 3.69. The van der Waals surface area contributed by atoms with Gasteiger partial charge in [0, 0.05) is 21.4 Å². The van der Waals surface area contributed by atoms with Crippen LogP contribution in [0.2, 0.25) is 10.0 Å². The number of halogens is 2. The van der Waals surface area contributed by atoms with Gasteiger partial charge in [-0.1, -0.05) is 82.7 Å². The predicted molar refractivity (Wildman–Crippen MR) is 197 cm³/mol. The van der Waals surface area contributed by atoms with Gasteiger partial charge < -0.3 is 19.3 Å². The van der Waals surface area contributed by atoms with Gasteiger partial charge in [-0.2, -0.15) is 0 Å². The lowest BCUT2D eigenvalue weighted by Gasteiger charge is -2.23. The summed E-state index contributed by atoms with van der Waals surface area (Å²) < 4.78 is 17.8. The second-order valence-electron chi connectivity index (χ2n) is 11.1. The summed E-state index contributed by atoms with van der Waals surface area (Å²) in [6.07, 6.45) is 0. The number of aryl methyl sites for hydroxylation is 1. The molecule has 2 heterocycles. The maximum absolute atomic E-state index is 13.8. The fourth-order valence-corrected chi connectivity index (χ4v) is 7.83. The van der Waals surface area contributed by atoms with Gasteiger partial charge in [0.1, 0.15) is 18.1 Å². The van der Waals surface area contributed by atoms with E-state index < -0.39 is 17.7 Å². The minimum Gasteiger partial charge on any atom is -0.507 e. The van der Waals surface area contributed by atoms with Crippen LogP contribution >= 0.6 is 46.3 Å².